The highest BCUT2D eigenvalue weighted by atomic mass is 79.9. The number of nitrogens with zero attached hydrogens (tertiary/aromatic N) is 1. The van der Waals surface area contributed by atoms with Crippen LogP contribution < -0.4 is 20.3 Å². The molecule has 0 spiro atoms. The van der Waals surface area contributed by atoms with Gasteiger partial charge in [-0.25, -0.2) is 9.69 Å². The molecule has 37 heavy (non-hydrogen) atoms. The number of halogens is 2. The van der Waals surface area contributed by atoms with Gasteiger partial charge >= 0.3 is 6.03 Å². The molecule has 3 N–H and O–H groups in total. The van der Waals surface area contributed by atoms with Gasteiger partial charge in [0.05, 0.1) is 14.6 Å². The van der Waals surface area contributed by atoms with E-state index in [2.05, 4.69) is 42.5 Å². The van der Waals surface area contributed by atoms with Crippen LogP contribution in [-0.2, 0) is 14.4 Å². The van der Waals surface area contributed by atoms with E-state index in [0.29, 0.717) is 25.9 Å². The highest BCUT2D eigenvalue weighted by Gasteiger charge is 2.36. The highest BCUT2D eigenvalue weighted by molar-refractivity contribution is 9.11. The number of barbiturate groups is 1. The molecular formula is C26H19Br2N3O6. The van der Waals surface area contributed by atoms with Crippen LogP contribution in [0.3, 0.4) is 0 Å². The van der Waals surface area contributed by atoms with E-state index >= 15 is 0 Å². The number of imide groups is 2. The van der Waals surface area contributed by atoms with Crippen molar-refractivity contribution in [2.24, 2.45) is 0 Å². The van der Waals surface area contributed by atoms with Crippen molar-refractivity contribution in [1.82, 2.24) is 5.32 Å². The SMILES string of the molecule is Cc1cccc(NC(=O)COc2c(Br)cc(/C=C3/C(=O)NC(=O)N(c4ccc(O)cc4)C3=O)cc2Br)c1. The van der Waals surface area contributed by atoms with Crippen molar-refractivity contribution in [3.63, 3.8) is 0 Å². The molecule has 0 bridgehead atoms. The van der Waals surface area contributed by atoms with Crippen molar-refractivity contribution in [1.29, 1.82) is 0 Å². The Balaban J connectivity index is 1.52. The van der Waals surface area contributed by atoms with E-state index in [-0.39, 0.29) is 29.5 Å². The first kappa shape index (κ1) is 26.1. The smallest absolute Gasteiger partial charge is 0.335 e. The van der Waals surface area contributed by atoms with Gasteiger partial charge in [-0.1, -0.05) is 12.1 Å². The van der Waals surface area contributed by atoms with Crippen molar-refractivity contribution >= 4 is 73.1 Å². The van der Waals surface area contributed by atoms with Crippen LogP contribution in [0.15, 0.2) is 75.2 Å². The number of anilines is 2. The maximum absolute atomic E-state index is 13.0. The summed E-state index contributed by atoms with van der Waals surface area (Å²) in [6.45, 7) is 1.67. The lowest BCUT2D eigenvalue weighted by Crippen LogP contribution is -2.54. The Kier molecular flexibility index (Phi) is 7.74. The minimum absolute atomic E-state index is 0.0369. The van der Waals surface area contributed by atoms with Crippen LogP contribution in [-0.4, -0.2) is 35.5 Å². The summed E-state index contributed by atoms with van der Waals surface area (Å²) in [5.41, 5.74) is 2.04. The van der Waals surface area contributed by atoms with Gasteiger partial charge in [0, 0.05) is 5.69 Å². The molecule has 1 aliphatic heterocycles. The van der Waals surface area contributed by atoms with Crippen LogP contribution in [0.5, 0.6) is 11.5 Å². The van der Waals surface area contributed by atoms with E-state index < -0.39 is 17.8 Å². The summed E-state index contributed by atoms with van der Waals surface area (Å²) in [6, 6.07) is 15.1. The molecule has 4 rings (SSSR count). The number of phenolic OH excluding ortho intramolecular Hbond substituents is 1. The summed E-state index contributed by atoms with van der Waals surface area (Å²) in [7, 11) is 0. The summed E-state index contributed by atoms with van der Waals surface area (Å²) in [5, 5.41) is 14.4. The number of carbonyl (C=O) groups excluding carboxylic acids is 4. The molecule has 3 aromatic rings. The molecule has 1 fully saturated rings. The molecule has 1 saturated heterocycles. The quantitative estimate of drug-likeness (QED) is 0.263. The van der Waals surface area contributed by atoms with E-state index in [0.717, 1.165) is 10.5 Å². The molecule has 9 nitrogen and oxygen atoms in total. The predicted octanol–water partition coefficient (Wildman–Crippen LogP) is 4.91. The zero-order chi connectivity index (χ0) is 26.7. The monoisotopic (exact) mass is 627 g/mol. The van der Waals surface area contributed by atoms with Crippen molar-refractivity contribution in [2.75, 3.05) is 16.8 Å². The van der Waals surface area contributed by atoms with E-state index in [4.69, 9.17) is 4.74 Å². The number of rotatable bonds is 6. The summed E-state index contributed by atoms with van der Waals surface area (Å²) in [4.78, 5) is 50.9. The van der Waals surface area contributed by atoms with Gasteiger partial charge in [0.2, 0.25) is 0 Å². The Morgan fingerprint density at radius 3 is 2.38 bits per heavy atom. The van der Waals surface area contributed by atoms with E-state index in [1.165, 1.54) is 30.3 Å². The van der Waals surface area contributed by atoms with Crippen LogP contribution in [0, 0.1) is 6.92 Å². The second-order valence-electron chi connectivity index (χ2n) is 7.99. The van der Waals surface area contributed by atoms with Crippen LogP contribution in [0.25, 0.3) is 6.08 Å². The molecule has 188 valence electrons. The molecule has 1 heterocycles. The van der Waals surface area contributed by atoms with Crippen LogP contribution in [0.4, 0.5) is 16.2 Å². The van der Waals surface area contributed by atoms with Crippen molar-refractivity contribution in [3.05, 3.63) is 86.3 Å². The standard InChI is InChI=1S/C26H19Br2N3O6/c1-14-3-2-4-16(9-14)29-22(33)13-37-23-20(27)11-15(12-21(23)28)10-19-24(34)30-26(36)31(25(19)35)17-5-7-18(32)8-6-17/h2-12,32H,13H2,1H3,(H,29,33)(H,30,34,36)/b19-10-. The van der Waals surface area contributed by atoms with Gasteiger partial charge in [0.15, 0.2) is 6.61 Å². The van der Waals surface area contributed by atoms with Gasteiger partial charge in [-0.3, -0.25) is 19.7 Å². The number of hydrogen-bond acceptors (Lipinski definition) is 6. The third kappa shape index (κ3) is 6.07. The van der Waals surface area contributed by atoms with Crippen LogP contribution in [0.2, 0.25) is 0 Å². The van der Waals surface area contributed by atoms with E-state index in [1.54, 1.807) is 18.2 Å². The van der Waals surface area contributed by atoms with Crippen LogP contribution in [0.1, 0.15) is 11.1 Å². The maximum atomic E-state index is 13.0. The lowest BCUT2D eigenvalue weighted by molar-refractivity contribution is -0.122. The lowest BCUT2D eigenvalue weighted by Gasteiger charge is -2.26. The minimum Gasteiger partial charge on any atom is -0.508 e. The molecular weight excluding hydrogens is 610 g/mol. The topological polar surface area (TPSA) is 125 Å². The van der Waals surface area contributed by atoms with Gasteiger partial charge in [0.25, 0.3) is 17.7 Å². The number of aromatic hydroxyl groups is 1. The zero-order valence-corrected chi connectivity index (χ0v) is 22.4. The zero-order valence-electron chi connectivity index (χ0n) is 19.2. The Hall–Kier alpha value is -3.96. The van der Waals surface area contributed by atoms with Crippen molar-refractivity contribution in [2.45, 2.75) is 6.92 Å². The fraction of sp³-hybridized carbons (Fsp3) is 0.0769. The Bertz CT molecular complexity index is 1430. The average molecular weight is 629 g/mol. The Labute approximate surface area is 228 Å². The van der Waals surface area contributed by atoms with Gasteiger partial charge in [-0.05, 0) is 105 Å². The number of urea groups is 1. The van der Waals surface area contributed by atoms with E-state index in [1.807, 2.05) is 25.1 Å². The van der Waals surface area contributed by atoms with Gasteiger partial charge in [0.1, 0.15) is 17.1 Å². The summed E-state index contributed by atoms with van der Waals surface area (Å²) < 4.78 is 6.60. The fourth-order valence-corrected chi connectivity index (χ4v) is 4.97. The molecule has 0 aliphatic carbocycles. The number of benzene rings is 3. The number of carbonyl (C=O) groups is 4. The molecule has 5 amide bonds. The first-order valence-electron chi connectivity index (χ1n) is 10.8. The fourth-order valence-electron chi connectivity index (χ4n) is 3.52. The Morgan fingerprint density at radius 1 is 1.05 bits per heavy atom. The molecule has 0 atom stereocenters. The second-order valence-corrected chi connectivity index (χ2v) is 9.70. The van der Waals surface area contributed by atoms with Gasteiger partial charge in [-0.2, -0.15) is 0 Å². The number of aryl methyl sites for hydroxylation is 1. The predicted molar refractivity (Wildman–Crippen MR) is 144 cm³/mol. The summed E-state index contributed by atoms with van der Waals surface area (Å²) in [6.07, 6.45) is 1.33. The number of nitrogens with one attached hydrogen (secondary N) is 2. The molecule has 11 heteroatoms. The molecule has 0 saturated carbocycles. The number of phenols is 1. The molecule has 0 unspecified atom stereocenters. The van der Waals surface area contributed by atoms with Gasteiger partial charge in [-0.15, -0.1) is 0 Å². The number of ether oxygens (including phenoxy) is 1. The third-order valence-corrected chi connectivity index (χ3v) is 6.37. The van der Waals surface area contributed by atoms with Gasteiger partial charge < -0.3 is 15.2 Å². The molecule has 1 aliphatic rings. The minimum atomic E-state index is -0.895. The van der Waals surface area contributed by atoms with E-state index in [9.17, 15) is 24.3 Å². The third-order valence-electron chi connectivity index (χ3n) is 5.19. The number of amides is 5. The highest BCUT2D eigenvalue weighted by Crippen LogP contribution is 2.36. The molecule has 3 aromatic carbocycles. The summed E-state index contributed by atoms with van der Waals surface area (Å²) in [5.74, 6) is -1.70. The summed E-state index contributed by atoms with van der Waals surface area (Å²) >= 11 is 6.79. The van der Waals surface area contributed by atoms with Crippen molar-refractivity contribution in [3.8, 4) is 11.5 Å². The normalized spacial score (nSPS) is 14.5. The lowest BCUT2D eigenvalue weighted by atomic mass is 10.1. The number of hydrogen-bond donors (Lipinski definition) is 3. The average Bonchev–Trinajstić information content (AvgIpc) is 2.82. The van der Waals surface area contributed by atoms with Crippen LogP contribution >= 0.6 is 31.9 Å². The second kappa shape index (κ2) is 11.0. The maximum Gasteiger partial charge on any atom is 0.335 e. The molecule has 0 radical (unpaired) electrons. The molecule has 0 aromatic heterocycles. The van der Waals surface area contributed by atoms with Crippen molar-refractivity contribution < 1.29 is 29.0 Å². The Morgan fingerprint density at radius 2 is 1.73 bits per heavy atom. The first-order valence-corrected chi connectivity index (χ1v) is 12.4. The first-order chi connectivity index (χ1) is 17.6. The largest absolute Gasteiger partial charge is 0.508 e.